The van der Waals surface area contributed by atoms with Gasteiger partial charge in [-0.15, -0.1) is 0 Å². The number of benzene rings is 2. The largest absolute Gasteiger partial charge is 0.489 e. The second kappa shape index (κ2) is 9.52. The molecule has 0 saturated heterocycles. The molecule has 3 rings (SSSR count). The maximum Gasteiger partial charge on any atom is 0.411 e. The van der Waals surface area contributed by atoms with Crippen molar-refractivity contribution in [3.63, 3.8) is 0 Å². The van der Waals surface area contributed by atoms with Crippen LogP contribution in [0.1, 0.15) is 30.6 Å². The average Bonchev–Trinajstić information content (AvgIpc) is 2.92. The predicted molar refractivity (Wildman–Crippen MR) is 111 cm³/mol. The van der Waals surface area contributed by atoms with Gasteiger partial charge in [-0.3, -0.25) is 10.1 Å². The molecule has 154 valence electrons. The van der Waals surface area contributed by atoms with Crippen LogP contribution in [0.15, 0.2) is 36.4 Å². The maximum atomic E-state index is 12.7. The molecule has 0 aromatic heterocycles. The molecule has 1 aliphatic rings. The van der Waals surface area contributed by atoms with Gasteiger partial charge in [0.05, 0.1) is 24.8 Å². The quantitative estimate of drug-likeness (QED) is 0.716. The van der Waals surface area contributed by atoms with Crippen molar-refractivity contribution in [3.05, 3.63) is 47.0 Å². The fraction of sp³-hybridized carbons (Fsp3) is 0.333. The third kappa shape index (κ3) is 5.77. The van der Waals surface area contributed by atoms with Crippen molar-refractivity contribution in [1.29, 1.82) is 0 Å². The Labute approximate surface area is 174 Å². The summed E-state index contributed by atoms with van der Waals surface area (Å²) < 4.78 is 16.3. The Morgan fingerprint density at radius 2 is 1.83 bits per heavy atom. The van der Waals surface area contributed by atoms with Crippen LogP contribution in [-0.2, 0) is 4.74 Å². The molecule has 2 aromatic rings. The summed E-state index contributed by atoms with van der Waals surface area (Å²) >= 11 is 6.25. The van der Waals surface area contributed by atoms with E-state index in [1.807, 2.05) is 13.8 Å². The summed E-state index contributed by atoms with van der Waals surface area (Å²) in [5.74, 6) is 0.783. The first-order valence-corrected chi connectivity index (χ1v) is 9.74. The first-order valence-electron chi connectivity index (χ1n) is 9.36. The third-order valence-electron chi connectivity index (χ3n) is 3.98. The minimum absolute atomic E-state index is 0.244. The summed E-state index contributed by atoms with van der Waals surface area (Å²) in [5.41, 5.74) is 1.36. The van der Waals surface area contributed by atoms with Crippen molar-refractivity contribution in [3.8, 4) is 11.5 Å². The number of hydrogen-bond donors (Lipinski definition) is 2. The molecule has 0 spiro atoms. The molecule has 0 bridgehead atoms. The van der Waals surface area contributed by atoms with Gasteiger partial charge in [-0.05, 0) is 36.2 Å². The van der Waals surface area contributed by atoms with E-state index in [-0.39, 0.29) is 11.8 Å². The van der Waals surface area contributed by atoms with E-state index in [9.17, 15) is 9.59 Å². The lowest BCUT2D eigenvalue weighted by Crippen LogP contribution is -2.17. The lowest BCUT2D eigenvalue weighted by atomic mass is 10.1. The van der Waals surface area contributed by atoms with Gasteiger partial charge in [0.15, 0.2) is 11.5 Å². The maximum absolute atomic E-state index is 12.7. The van der Waals surface area contributed by atoms with Gasteiger partial charge in [-0.25, -0.2) is 4.79 Å². The number of halogens is 1. The zero-order chi connectivity index (χ0) is 20.8. The number of anilines is 2. The number of amides is 2. The Hall–Kier alpha value is -2.93. The molecule has 0 saturated carbocycles. The molecule has 1 aliphatic heterocycles. The van der Waals surface area contributed by atoms with Gasteiger partial charge in [0, 0.05) is 23.4 Å². The summed E-state index contributed by atoms with van der Waals surface area (Å²) in [6.07, 6.45) is 0.197. The summed E-state index contributed by atoms with van der Waals surface area (Å²) in [7, 11) is 0. The highest BCUT2D eigenvalue weighted by molar-refractivity contribution is 6.32. The van der Waals surface area contributed by atoms with E-state index >= 15 is 0 Å². The first-order chi connectivity index (χ1) is 13.9. The zero-order valence-corrected chi connectivity index (χ0v) is 17.0. The van der Waals surface area contributed by atoms with E-state index in [1.165, 1.54) is 6.07 Å². The van der Waals surface area contributed by atoms with Crippen molar-refractivity contribution in [2.45, 2.75) is 20.3 Å². The van der Waals surface area contributed by atoms with Crippen molar-refractivity contribution < 1.29 is 23.8 Å². The van der Waals surface area contributed by atoms with Gasteiger partial charge < -0.3 is 19.5 Å². The van der Waals surface area contributed by atoms with E-state index in [0.717, 1.165) is 6.42 Å². The third-order valence-corrected chi connectivity index (χ3v) is 4.26. The van der Waals surface area contributed by atoms with Crippen molar-refractivity contribution >= 4 is 35.0 Å². The Bertz CT molecular complexity index is 901. The van der Waals surface area contributed by atoms with Crippen LogP contribution in [0.2, 0.25) is 5.02 Å². The molecule has 0 fully saturated rings. The molecule has 2 amide bonds. The fourth-order valence-electron chi connectivity index (χ4n) is 2.64. The van der Waals surface area contributed by atoms with Crippen LogP contribution in [0, 0.1) is 5.92 Å². The summed E-state index contributed by atoms with van der Waals surface area (Å²) in [4.78, 5) is 24.5. The van der Waals surface area contributed by atoms with E-state index in [2.05, 4.69) is 10.6 Å². The first kappa shape index (κ1) is 20.8. The number of carbonyl (C=O) groups is 2. The predicted octanol–water partition coefficient (Wildman–Crippen LogP) is 4.96. The normalized spacial score (nSPS) is 12.8. The van der Waals surface area contributed by atoms with Crippen molar-refractivity contribution in [2.75, 3.05) is 30.5 Å². The molecule has 2 N–H and O–H groups in total. The second-order valence-corrected chi connectivity index (χ2v) is 7.40. The molecule has 7 nitrogen and oxygen atoms in total. The summed E-state index contributed by atoms with van der Waals surface area (Å²) in [5, 5.41) is 5.74. The lowest BCUT2D eigenvalue weighted by Gasteiger charge is -2.13. The number of fused-ring (bicyclic) bond motifs is 1. The van der Waals surface area contributed by atoms with Crippen LogP contribution in [0.4, 0.5) is 16.2 Å². The van der Waals surface area contributed by atoms with E-state index < -0.39 is 6.09 Å². The van der Waals surface area contributed by atoms with Gasteiger partial charge >= 0.3 is 6.09 Å². The highest BCUT2D eigenvalue weighted by Crippen LogP contribution is 2.38. The van der Waals surface area contributed by atoms with Crippen LogP contribution in [0.3, 0.4) is 0 Å². The topological polar surface area (TPSA) is 85.9 Å². The van der Waals surface area contributed by atoms with Crippen LogP contribution >= 0.6 is 11.6 Å². The Kier molecular flexibility index (Phi) is 6.82. The number of hydrogen-bond acceptors (Lipinski definition) is 5. The highest BCUT2D eigenvalue weighted by atomic mass is 35.5. The summed E-state index contributed by atoms with van der Waals surface area (Å²) in [6.45, 7) is 5.24. The van der Waals surface area contributed by atoms with Crippen molar-refractivity contribution in [2.24, 2.45) is 5.92 Å². The fourth-order valence-corrected chi connectivity index (χ4v) is 2.90. The number of rotatable bonds is 5. The molecule has 0 aliphatic carbocycles. The van der Waals surface area contributed by atoms with Crippen LogP contribution < -0.4 is 20.1 Å². The lowest BCUT2D eigenvalue weighted by molar-refractivity contribution is 0.102. The van der Waals surface area contributed by atoms with Gasteiger partial charge in [-0.2, -0.15) is 0 Å². The Morgan fingerprint density at radius 3 is 2.59 bits per heavy atom. The van der Waals surface area contributed by atoms with E-state index in [1.54, 1.807) is 30.3 Å². The molecule has 0 radical (unpaired) electrons. The monoisotopic (exact) mass is 418 g/mol. The molecule has 0 atom stereocenters. The van der Waals surface area contributed by atoms with Gasteiger partial charge in [-0.1, -0.05) is 31.5 Å². The highest BCUT2D eigenvalue weighted by Gasteiger charge is 2.18. The van der Waals surface area contributed by atoms with Crippen LogP contribution in [0.5, 0.6) is 11.5 Å². The Morgan fingerprint density at radius 1 is 1.10 bits per heavy atom. The molecule has 29 heavy (non-hydrogen) atoms. The van der Waals surface area contributed by atoms with E-state index in [0.29, 0.717) is 53.3 Å². The SMILES string of the molecule is CC(C)COC(=O)Nc1cccc(NC(=O)c2cc(Cl)c3c(c2)OCCCO3)c1. The Balaban J connectivity index is 1.69. The number of nitrogens with one attached hydrogen (secondary N) is 2. The number of carbonyl (C=O) groups excluding carboxylic acids is 2. The molecule has 1 heterocycles. The summed E-state index contributed by atoms with van der Waals surface area (Å²) in [6, 6.07) is 9.92. The molecule has 0 unspecified atom stereocenters. The average molecular weight is 419 g/mol. The standard InChI is InChI=1S/C21H23ClN2O5/c1-13(2)12-29-21(26)24-16-6-3-5-15(11-16)23-20(25)14-9-17(22)19-18(10-14)27-7-4-8-28-19/h3,5-6,9-11,13H,4,7-8,12H2,1-2H3,(H,23,25)(H,24,26). The second-order valence-electron chi connectivity index (χ2n) is 6.99. The molecule has 8 heteroatoms. The zero-order valence-electron chi connectivity index (χ0n) is 16.3. The van der Waals surface area contributed by atoms with E-state index in [4.69, 9.17) is 25.8 Å². The van der Waals surface area contributed by atoms with Crippen LogP contribution in [-0.4, -0.2) is 31.8 Å². The van der Waals surface area contributed by atoms with Gasteiger partial charge in [0.2, 0.25) is 0 Å². The van der Waals surface area contributed by atoms with Gasteiger partial charge in [0.1, 0.15) is 0 Å². The number of ether oxygens (including phenoxy) is 3. The smallest absolute Gasteiger partial charge is 0.411 e. The minimum atomic E-state index is -0.545. The molecular formula is C21H23ClN2O5. The van der Waals surface area contributed by atoms with Crippen molar-refractivity contribution in [1.82, 2.24) is 0 Å². The van der Waals surface area contributed by atoms with Crippen LogP contribution in [0.25, 0.3) is 0 Å². The molecular weight excluding hydrogens is 396 g/mol. The minimum Gasteiger partial charge on any atom is -0.489 e. The molecule has 2 aromatic carbocycles. The van der Waals surface area contributed by atoms with Gasteiger partial charge in [0.25, 0.3) is 5.91 Å².